The number of anilines is 2. The van der Waals surface area contributed by atoms with Gasteiger partial charge in [0.15, 0.2) is 23.6 Å². The number of alkyl halides is 3. The lowest BCUT2D eigenvalue weighted by atomic mass is 10.2. The summed E-state index contributed by atoms with van der Waals surface area (Å²) in [4.78, 5) is 32.7. The average Bonchev–Trinajstić information content (AvgIpc) is 2.85. The number of pyridine rings is 2. The number of halogens is 5. The Morgan fingerprint density at radius 1 is 1.38 bits per heavy atom. The second kappa shape index (κ2) is 12.5. The molecule has 0 aliphatic rings. The summed E-state index contributed by atoms with van der Waals surface area (Å²) in [7, 11) is 2.44. The van der Waals surface area contributed by atoms with Gasteiger partial charge in [-0.1, -0.05) is 11.6 Å². The number of hydrogen-bond donors (Lipinski definition) is 2. The molecule has 2 amide bonds. The SMILES string of the molecule is CCN(C=O)/C(CO)=N\N(C)c1nc(O[C@@H](C)C(F)(F)F)c(C(=O)Nc2ccnc(OC)c2Cl)cc1F. The molecule has 0 aliphatic heterocycles. The first-order chi connectivity index (χ1) is 17.4. The molecule has 0 bridgehead atoms. The summed E-state index contributed by atoms with van der Waals surface area (Å²) in [5.41, 5.74) is -0.715. The Bertz CT molecular complexity index is 1170. The molecule has 0 fully saturated rings. The molecule has 2 aromatic rings. The second-order valence-corrected chi connectivity index (χ2v) is 7.55. The Kier molecular flexibility index (Phi) is 9.96. The second-order valence-electron chi connectivity index (χ2n) is 7.17. The van der Waals surface area contributed by atoms with E-state index in [4.69, 9.17) is 21.1 Å². The highest BCUT2D eigenvalue weighted by Gasteiger charge is 2.39. The summed E-state index contributed by atoms with van der Waals surface area (Å²) in [6, 6.07) is 1.88. The number of likely N-dealkylation sites (N-methyl/N-ethyl adjacent to an activating group) is 1. The zero-order chi connectivity index (χ0) is 27.9. The molecule has 16 heteroatoms. The van der Waals surface area contributed by atoms with Gasteiger partial charge in [0, 0.05) is 19.8 Å². The molecular weight excluding hydrogens is 528 g/mol. The van der Waals surface area contributed by atoms with Crippen LogP contribution in [-0.2, 0) is 4.79 Å². The molecule has 37 heavy (non-hydrogen) atoms. The molecule has 2 aromatic heterocycles. The molecule has 2 heterocycles. The molecule has 0 saturated heterocycles. The Morgan fingerprint density at radius 2 is 2.05 bits per heavy atom. The van der Waals surface area contributed by atoms with Crippen LogP contribution in [0.15, 0.2) is 23.4 Å². The van der Waals surface area contributed by atoms with E-state index < -0.39 is 47.9 Å². The minimum atomic E-state index is -4.84. The molecule has 11 nitrogen and oxygen atoms in total. The van der Waals surface area contributed by atoms with Gasteiger partial charge in [-0.15, -0.1) is 0 Å². The van der Waals surface area contributed by atoms with Gasteiger partial charge in [0.2, 0.25) is 18.2 Å². The van der Waals surface area contributed by atoms with Crippen molar-refractivity contribution in [3.05, 3.63) is 34.7 Å². The fourth-order valence-electron chi connectivity index (χ4n) is 2.75. The number of amides is 2. The lowest BCUT2D eigenvalue weighted by Crippen LogP contribution is -2.34. The van der Waals surface area contributed by atoms with Crippen LogP contribution in [0.4, 0.5) is 29.1 Å². The monoisotopic (exact) mass is 550 g/mol. The molecule has 2 N–H and O–H groups in total. The molecule has 2 rings (SSSR count). The topological polar surface area (TPSA) is 129 Å². The first-order valence-electron chi connectivity index (χ1n) is 10.5. The largest absolute Gasteiger partial charge is 0.480 e. The zero-order valence-corrected chi connectivity index (χ0v) is 20.8. The highest BCUT2D eigenvalue weighted by atomic mass is 35.5. The minimum Gasteiger partial charge on any atom is -0.480 e. The Labute approximate surface area is 213 Å². The summed E-state index contributed by atoms with van der Waals surface area (Å²) in [6.45, 7) is 1.65. The number of carbonyl (C=O) groups is 2. The van der Waals surface area contributed by atoms with Crippen LogP contribution in [0.25, 0.3) is 0 Å². The lowest BCUT2D eigenvalue weighted by Gasteiger charge is -2.22. The number of hydrazone groups is 1. The smallest absolute Gasteiger partial charge is 0.425 e. The molecular formula is C21H23ClF4N6O5. The Morgan fingerprint density at radius 3 is 2.59 bits per heavy atom. The van der Waals surface area contributed by atoms with Gasteiger partial charge in [0.05, 0.1) is 12.8 Å². The number of aliphatic hydroxyl groups is 1. The maximum atomic E-state index is 15.0. The highest BCUT2D eigenvalue weighted by Crippen LogP contribution is 2.33. The number of methoxy groups -OCH3 is 1. The summed E-state index contributed by atoms with van der Waals surface area (Å²) >= 11 is 6.09. The first-order valence-corrected chi connectivity index (χ1v) is 10.8. The zero-order valence-electron chi connectivity index (χ0n) is 20.0. The van der Waals surface area contributed by atoms with E-state index in [2.05, 4.69) is 20.4 Å². The molecule has 0 radical (unpaired) electrons. The maximum absolute atomic E-state index is 15.0. The van der Waals surface area contributed by atoms with Gasteiger partial charge in [-0.3, -0.25) is 14.5 Å². The maximum Gasteiger partial charge on any atom is 0.425 e. The molecule has 0 saturated carbocycles. The van der Waals surface area contributed by atoms with Gasteiger partial charge in [-0.25, -0.2) is 14.4 Å². The molecule has 0 aromatic carbocycles. The summed E-state index contributed by atoms with van der Waals surface area (Å²) in [6.07, 6.45) is -5.65. The lowest BCUT2D eigenvalue weighted by molar-refractivity contribution is -0.190. The van der Waals surface area contributed by atoms with E-state index >= 15 is 4.39 Å². The fraction of sp³-hybridized carbons (Fsp3) is 0.381. The molecule has 202 valence electrons. The minimum absolute atomic E-state index is 0.0272. The van der Waals surface area contributed by atoms with Crippen molar-refractivity contribution in [1.29, 1.82) is 0 Å². The van der Waals surface area contributed by atoms with Gasteiger partial charge < -0.3 is 19.9 Å². The normalized spacial score (nSPS) is 12.5. The number of aliphatic hydroxyl groups excluding tert-OH is 1. The Hall–Kier alpha value is -3.72. The van der Waals surface area contributed by atoms with Gasteiger partial charge >= 0.3 is 6.18 Å². The van der Waals surface area contributed by atoms with Gasteiger partial charge in [-0.2, -0.15) is 23.3 Å². The number of nitrogens with one attached hydrogen (secondary N) is 1. The third kappa shape index (κ3) is 7.16. The summed E-state index contributed by atoms with van der Waals surface area (Å²) in [5, 5.41) is 16.4. The van der Waals surface area contributed by atoms with Crippen LogP contribution in [0.5, 0.6) is 11.8 Å². The van der Waals surface area contributed by atoms with E-state index in [1.165, 1.54) is 26.4 Å². The highest BCUT2D eigenvalue weighted by molar-refractivity contribution is 6.35. The summed E-state index contributed by atoms with van der Waals surface area (Å²) in [5.74, 6) is -4.04. The third-order valence-corrected chi connectivity index (χ3v) is 5.09. The number of ether oxygens (including phenoxy) is 2. The van der Waals surface area contributed by atoms with Crippen molar-refractivity contribution < 1.29 is 41.7 Å². The van der Waals surface area contributed by atoms with E-state index in [1.54, 1.807) is 6.92 Å². The van der Waals surface area contributed by atoms with Crippen molar-refractivity contribution in [3.8, 4) is 11.8 Å². The van der Waals surface area contributed by atoms with Crippen molar-refractivity contribution in [3.63, 3.8) is 0 Å². The molecule has 0 spiro atoms. The van der Waals surface area contributed by atoms with Crippen LogP contribution in [0.1, 0.15) is 24.2 Å². The van der Waals surface area contributed by atoms with E-state index in [9.17, 15) is 27.9 Å². The van der Waals surface area contributed by atoms with E-state index in [0.717, 1.165) is 9.91 Å². The molecule has 0 aliphatic carbocycles. The van der Waals surface area contributed by atoms with E-state index in [1.807, 2.05) is 0 Å². The predicted molar refractivity (Wildman–Crippen MR) is 125 cm³/mol. The third-order valence-electron chi connectivity index (χ3n) is 4.73. The number of hydrogen-bond acceptors (Lipinski definition) is 9. The number of rotatable bonds is 10. The number of aromatic nitrogens is 2. The first kappa shape index (κ1) is 29.5. The van der Waals surface area contributed by atoms with Crippen LogP contribution in [-0.4, -0.2) is 77.7 Å². The van der Waals surface area contributed by atoms with Crippen LogP contribution < -0.4 is 19.8 Å². The van der Waals surface area contributed by atoms with Crippen molar-refractivity contribution in [2.45, 2.75) is 26.1 Å². The predicted octanol–water partition coefficient (Wildman–Crippen LogP) is 3.08. The van der Waals surface area contributed by atoms with Crippen LogP contribution in [0.2, 0.25) is 5.02 Å². The van der Waals surface area contributed by atoms with Gasteiger partial charge in [-0.05, 0) is 26.0 Å². The van der Waals surface area contributed by atoms with Gasteiger partial charge in [0.25, 0.3) is 5.91 Å². The fourth-order valence-corrected chi connectivity index (χ4v) is 2.98. The average molecular weight is 551 g/mol. The molecule has 0 unspecified atom stereocenters. The standard InChI is InChI=1S/C21H23ClF4N6O5/c1-5-32(10-34)15(9-33)30-31(3)17-13(23)8-12(19(29-17)37-11(2)21(24,25)26)18(35)28-14-6-7-27-20(36-4)16(14)22/h6-8,10-11,33H,5,9H2,1-4H3,(H,27,28,35)/b30-15-/t11-/m0/s1. The van der Waals surface area contributed by atoms with Crippen molar-refractivity contribution in [1.82, 2.24) is 14.9 Å². The van der Waals surface area contributed by atoms with Crippen molar-refractivity contribution >= 4 is 41.3 Å². The Balaban J connectivity index is 2.57. The van der Waals surface area contributed by atoms with E-state index in [0.29, 0.717) is 19.4 Å². The van der Waals surface area contributed by atoms with Crippen LogP contribution >= 0.6 is 11.6 Å². The van der Waals surface area contributed by atoms with Crippen molar-refractivity contribution in [2.75, 3.05) is 37.6 Å². The van der Waals surface area contributed by atoms with Crippen LogP contribution in [0.3, 0.4) is 0 Å². The van der Waals surface area contributed by atoms with Crippen molar-refractivity contribution in [2.24, 2.45) is 5.10 Å². The number of carbonyl (C=O) groups excluding carboxylic acids is 2. The van der Waals surface area contributed by atoms with Crippen LogP contribution in [0, 0.1) is 5.82 Å². The summed E-state index contributed by atoms with van der Waals surface area (Å²) < 4.78 is 64.5. The molecule has 1 atom stereocenters. The number of nitrogens with zero attached hydrogens (tertiary/aromatic N) is 5. The number of amidine groups is 1. The van der Waals surface area contributed by atoms with E-state index in [-0.39, 0.29) is 29.0 Å². The van der Waals surface area contributed by atoms with Gasteiger partial charge in [0.1, 0.15) is 17.2 Å². The quantitative estimate of drug-likeness (QED) is 0.152.